The van der Waals surface area contributed by atoms with Crippen LogP contribution in [0.25, 0.3) is 0 Å². The number of carboxylic acids is 1. The fourth-order valence-corrected chi connectivity index (χ4v) is 2.62. The molecule has 0 heterocycles. The fourth-order valence-electron chi connectivity index (χ4n) is 2.62. The first-order valence-electron chi connectivity index (χ1n) is 6.40. The highest BCUT2D eigenvalue weighted by molar-refractivity contribution is 5.76. The first kappa shape index (κ1) is 14.0. The Kier molecular flexibility index (Phi) is 4.54. The summed E-state index contributed by atoms with van der Waals surface area (Å²) in [6.07, 6.45) is 3.85. The number of carboxylic acid groups (broad SMARTS) is 1. The van der Waals surface area contributed by atoms with Crippen LogP contribution in [0, 0.1) is 11.8 Å². The second kappa shape index (κ2) is 5.52. The van der Waals surface area contributed by atoms with Crippen LogP contribution in [0.15, 0.2) is 0 Å². The lowest BCUT2D eigenvalue weighted by Gasteiger charge is -2.39. The van der Waals surface area contributed by atoms with Gasteiger partial charge in [-0.2, -0.15) is 0 Å². The maximum absolute atomic E-state index is 11.5. The monoisotopic (exact) mass is 241 g/mol. The van der Waals surface area contributed by atoms with Crippen molar-refractivity contribution in [1.29, 1.82) is 0 Å². The molecule has 0 radical (unpaired) electrons. The standard InChI is InChI=1S/C13H23NO3/c1-4-11(15)14-13(2,3)10-7-5-6-9(8-10)12(16)17/h9-10H,4-8H2,1-3H3,(H,14,15)(H,16,17)/t9-,10+/m1/s1. The van der Waals surface area contributed by atoms with Gasteiger partial charge in [-0.1, -0.05) is 13.3 Å². The van der Waals surface area contributed by atoms with Crippen molar-refractivity contribution < 1.29 is 14.7 Å². The third-order valence-electron chi connectivity index (χ3n) is 3.83. The molecule has 1 aliphatic carbocycles. The number of hydrogen-bond acceptors (Lipinski definition) is 2. The van der Waals surface area contributed by atoms with Crippen molar-refractivity contribution in [3.05, 3.63) is 0 Å². The van der Waals surface area contributed by atoms with E-state index < -0.39 is 5.97 Å². The van der Waals surface area contributed by atoms with E-state index >= 15 is 0 Å². The van der Waals surface area contributed by atoms with Crippen LogP contribution in [0.2, 0.25) is 0 Å². The van der Waals surface area contributed by atoms with Crippen LogP contribution < -0.4 is 5.32 Å². The van der Waals surface area contributed by atoms with Crippen molar-refractivity contribution >= 4 is 11.9 Å². The molecule has 0 aromatic carbocycles. The number of nitrogens with one attached hydrogen (secondary N) is 1. The Bertz CT molecular complexity index is 299. The molecule has 0 spiro atoms. The molecule has 4 heteroatoms. The van der Waals surface area contributed by atoms with Crippen LogP contribution >= 0.6 is 0 Å². The molecule has 0 unspecified atom stereocenters. The minimum Gasteiger partial charge on any atom is -0.481 e. The quantitative estimate of drug-likeness (QED) is 0.792. The van der Waals surface area contributed by atoms with Gasteiger partial charge in [-0.25, -0.2) is 0 Å². The van der Waals surface area contributed by atoms with Gasteiger partial charge in [-0.05, 0) is 39.0 Å². The maximum Gasteiger partial charge on any atom is 0.306 e. The molecule has 2 atom stereocenters. The lowest BCUT2D eigenvalue weighted by atomic mass is 9.72. The summed E-state index contributed by atoms with van der Waals surface area (Å²) < 4.78 is 0. The Morgan fingerprint density at radius 1 is 1.35 bits per heavy atom. The fraction of sp³-hybridized carbons (Fsp3) is 0.846. The number of hydrogen-bond donors (Lipinski definition) is 2. The van der Waals surface area contributed by atoms with Gasteiger partial charge < -0.3 is 10.4 Å². The highest BCUT2D eigenvalue weighted by Crippen LogP contribution is 2.35. The number of aliphatic carboxylic acids is 1. The number of carbonyl (C=O) groups is 2. The number of rotatable bonds is 4. The van der Waals surface area contributed by atoms with E-state index in [-0.39, 0.29) is 23.3 Å². The largest absolute Gasteiger partial charge is 0.481 e. The summed E-state index contributed by atoms with van der Waals surface area (Å²) in [5, 5.41) is 12.1. The van der Waals surface area contributed by atoms with Gasteiger partial charge >= 0.3 is 5.97 Å². The van der Waals surface area contributed by atoms with Crippen LogP contribution in [-0.4, -0.2) is 22.5 Å². The zero-order valence-corrected chi connectivity index (χ0v) is 11.0. The average Bonchev–Trinajstić information content (AvgIpc) is 2.28. The Hall–Kier alpha value is -1.06. The maximum atomic E-state index is 11.5. The van der Waals surface area contributed by atoms with Gasteiger partial charge in [-0.3, -0.25) is 9.59 Å². The second-order valence-corrected chi connectivity index (χ2v) is 5.52. The van der Waals surface area contributed by atoms with Crippen molar-refractivity contribution in [1.82, 2.24) is 5.32 Å². The number of amides is 1. The van der Waals surface area contributed by atoms with E-state index in [1.807, 2.05) is 20.8 Å². The van der Waals surface area contributed by atoms with Gasteiger partial charge in [0.2, 0.25) is 5.91 Å². The molecule has 0 aliphatic heterocycles. The molecule has 1 saturated carbocycles. The van der Waals surface area contributed by atoms with Gasteiger partial charge in [0.15, 0.2) is 0 Å². The van der Waals surface area contributed by atoms with E-state index in [4.69, 9.17) is 5.11 Å². The number of carbonyl (C=O) groups excluding carboxylic acids is 1. The van der Waals surface area contributed by atoms with Crippen molar-refractivity contribution in [2.75, 3.05) is 0 Å². The topological polar surface area (TPSA) is 66.4 Å². The molecule has 0 aromatic heterocycles. The molecular formula is C13H23NO3. The van der Waals surface area contributed by atoms with E-state index in [0.29, 0.717) is 12.8 Å². The SMILES string of the molecule is CCC(=O)NC(C)(C)[C@H]1CCC[C@@H](C(=O)O)C1. The first-order valence-corrected chi connectivity index (χ1v) is 6.40. The van der Waals surface area contributed by atoms with Crippen LogP contribution in [0.1, 0.15) is 52.9 Å². The zero-order valence-electron chi connectivity index (χ0n) is 11.0. The highest BCUT2D eigenvalue weighted by Gasteiger charge is 2.36. The minimum absolute atomic E-state index is 0.0347. The van der Waals surface area contributed by atoms with Crippen LogP contribution in [0.3, 0.4) is 0 Å². The van der Waals surface area contributed by atoms with Crippen LogP contribution in [0.4, 0.5) is 0 Å². The minimum atomic E-state index is -0.702. The molecule has 17 heavy (non-hydrogen) atoms. The molecule has 98 valence electrons. The summed E-state index contributed by atoms with van der Waals surface area (Å²) in [7, 11) is 0. The smallest absolute Gasteiger partial charge is 0.306 e. The van der Waals surface area contributed by atoms with Crippen LogP contribution in [-0.2, 0) is 9.59 Å². The third kappa shape index (κ3) is 3.72. The molecule has 0 aromatic rings. The van der Waals surface area contributed by atoms with Crippen LogP contribution in [0.5, 0.6) is 0 Å². The summed E-state index contributed by atoms with van der Waals surface area (Å²) >= 11 is 0. The second-order valence-electron chi connectivity index (χ2n) is 5.52. The van der Waals surface area contributed by atoms with E-state index in [2.05, 4.69) is 5.32 Å². The summed E-state index contributed by atoms with van der Waals surface area (Å²) in [5.74, 6) is -0.654. The van der Waals surface area contributed by atoms with Gasteiger partial charge in [0.1, 0.15) is 0 Å². The Morgan fingerprint density at radius 3 is 2.53 bits per heavy atom. The van der Waals surface area contributed by atoms with Crippen molar-refractivity contribution in [2.24, 2.45) is 11.8 Å². The highest BCUT2D eigenvalue weighted by atomic mass is 16.4. The normalized spacial score (nSPS) is 25.4. The molecule has 0 saturated heterocycles. The molecule has 1 rings (SSSR count). The Morgan fingerprint density at radius 2 is 2.00 bits per heavy atom. The van der Waals surface area contributed by atoms with Gasteiger partial charge in [0.05, 0.1) is 5.92 Å². The van der Waals surface area contributed by atoms with Crippen molar-refractivity contribution in [3.63, 3.8) is 0 Å². The Balaban J connectivity index is 2.64. The molecule has 1 amide bonds. The average molecular weight is 241 g/mol. The van der Waals surface area contributed by atoms with Gasteiger partial charge in [0.25, 0.3) is 0 Å². The van der Waals surface area contributed by atoms with E-state index in [1.165, 1.54) is 0 Å². The molecular weight excluding hydrogens is 218 g/mol. The lowest BCUT2D eigenvalue weighted by molar-refractivity contribution is -0.143. The molecule has 1 aliphatic rings. The van der Waals surface area contributed by atoms with Gasteiger partial charge in [-0.15, -0.1) is 0 Å². The predicted molar refractivity (Wildman–Crippen MR) is 65.6 cm³/mol. The van der Waals surface area contributed by atoms with E-state index in [1.54, 1.807) is 0 Å². The third-order valence-corrected chi connectivity index (χ3v) is 3.83. The summed E-state index contributed by atoms with van der Waals surface area (Å²) in [6, 6.07) is 0. The van der Waals surface area contributed by atoms with E-state index in [9.17, 15) is 9.59 Å². The van der Waals surface area contributed by atoms with E-state index in [0.717, 1.165) is 19.3 Å². The molecule has 4 nitrogen and oxygen atoms in total. The lowest BCUT2D eigenvalue weighted by Crippen LogP contribution is -2.50. The molecule has 2 N–H and O–H groups in total. The summed E-state index contributed by atoms with van der Waals surface area (Å²) in [5.41, 5.74) is -0.304. The molecule has 0 bridgehead atoms. The summed E-state index contributed by atoms with van der Waals surface area (Å²) in [6.45, 7) is 5.82. The van der Waals surface area contributed by atoms with Crippen molar-refractivity contribution in [2.45, 2.75) is 58.4 Å². The first-order chi connectivity index (χ1) is 7.86. The van der Waals surface area contributed by atoms with Crippen molar-refractivity contribution in [3.8, 4) is 0 Å². The Labute approximate surface area is 103 Å². The predicted octanol–water partition coefficient (Wildman–Crippen LogP) is 2.18. The summed E-state index contributed by atoms with van der Waals surface area (Å²) in [4.78, 5) is 22.5. The zero-order chi connectivity index (χ0) is 13.1. The molecule has 1 fully saturated rings. The van der Waals surface area contributed by atoms with Gasteiger partial charge in [0, 0.05) is 12.0 Å².